The van der Waals surface area contributed by atoms with E-state index in [9.17, 15) is 4.39 Å². The van der Waals surface area contributed by atoms with Gasteiger partial charge in [0.1, 0.15) is 5.67 Å². The molecule has 1 fully saturated rings. The third-order valence-electron chi connectivity index (χ3n) is 2.05. The number of thiazole rings is 1. The highest BCUT2D eigenvalue weighted by Crippen LogP contribution is 2.22. The Balaban J connectivity index is 2.03. The van der Waals surface area contributed by atoms with E-state index in [1.807, 2.05) is 12.3 Å². The molecule has 0 amide bonds. The number of hydrogen-bond donors (Lipinski definition) is 1. The van der Waals surface area contributed by atoms with Gasteiger partial charge < -0.3 is 5.32 Å². The van der Waals surface area contributed by atoms with E-state index in [4.69, 9.17) is 0 Å². The molecule has 2 nitrogen and oxygen atoms in total. The lowest BCUT2D eigenvalue weighted by atomic mass is 9.94. The molecule has 0 saturated carbocycles. The molecule has 1 aromatic heterocycles. The van der Waals surface area contributed by atoms with Crippen LogP contribution in [0.4, 0.5) is 4.39 Å². The van der Waals surface area contributed by atoms with E-state index in [0.717, 1.165) is 10.7 Å². The van der Waals surface area contributed by atoms with Gasteiger partial charge in [0.15, 0.2) is 0 Å². The normalized spacial score (nSPS) is 20.5. The van der Waals surface area contributed by atoms with Gasteiger partial charge in [0.25, 0.3) is 0 Å². The van der Waals surface area contributed by atoms with Crippen LogP contribution in [0.3, 0.4) is 0 Å². The van der Waals surface area contributed by atoms with Gasteiger partial charge in [-0.25, -0.2) is 9.37 Å². The van der Waals surface area contributed by atoms with Crippen molar-refractivity contribution in [1.29, 1.82) is 0 Å². The fraction of sp³-hybridized carbons (Fsp3) is 0.625. The lowest BCUT2D eigenvalue weighted by Gasteiger charge is -2.34. The Morgan fingerprint density at radius 2 is 2.50 bits per heavy atom. The molecule has 1 saturated heterocycles. The summed E-state index contributed by atoms with van der Waals surface area (Å²) in [6, 6.07) is 0. The summed E-state index contributed by atoms with van der Waals surface area (Å²) in [6.07, 6.45) is 0.463. The summed E-state index contributed by atoms with van der Waals surface area (Å²) in [4.78, 5) is 4.23. The number of nitrogens with zero attached hydrogens (tertiary/aromatic N) is 1. The van der Waals surface area contributed by atoms with Crippen molar-refractivity contribution >= 4 is 11.3 Å². The Hall–Kier alpha value is -0.480. The van der Waals surface area contributed by atoms with Crippen molar-refractivity contribution in [2.75, 3.05) is 13.1 Å². The van der Waals surface area contributed by atoms with Crippen molar-refractivity contribution < 1.29 is 4.39 Å². The van der Waals surface area contributed by atoms with Crippen LogP contribution in [0.15, 0.2) is 5.38 Å². The van der Waals surface area contributed by atoms with Gasteiger partial charge in [0.05, 0.1) is 10.7 Å². The molecule has 0 bridgehead atoms. The molecule has 4 heteroatoms. The van der Waals surface area contributed by atoms with Gasteiger partial charge in [-0.05, 0) is 6.92 Å². The summed E-state index contributed by atoms with van der Waals surface area (Å²) in [7, 11) is 0. The van der Waals surface area contributed by atoms with Crippen molar-refractivity contribution in [3.05, 3.63) is 16.1 Å². The van der Waals surface area contributed by atoms with Crippen LogP contribution in [0.1, 0.15) is 10.7 Å². The maximum Gasteiger partial charge on any atom is 0.141 e. The molecule has 66 valence electrons. The lowest BCUT2D eigenvalue weighted by Crippen LogP contribution is -2.57. The largest absolute Gasteiger partial charge is 0.310 e. The summed E-state index contributed by atoms with van der Waals surface area (Å²) in [5.74, 6) is 0. The van der Waals surface area contributed by atoms with Crippen LogP contribution >= 0.6 is 11.3 Å². The first-order valence-corrected chi connectivity index (χ1v) is 4.87. The highest BCUT2D eigenvalue weighted by molar-refractivity contribution is 7.09. The molecule has 0 atom stereocenters. The Kier molecular flexibility index (Phi) is 1.88. The Bertz CT molecular complexity index is 280. The molecule has 1 aliphatic heterocycles. The number of rotatable bonds is 2. The summed E-state index contributed by atoms with van der Waals surface area (Å²) in [5, 5.41) is 5.88. The molecule has 0 spiro atoms. The van der Waals surface area contributed by atoms with E-state index in [0.29, 0.717) is 19.5 Å². The van der Waals surface area contributed by atoms with Gasteiger partial charge in [-0.1, -0.05) is 0 Å². The fourth-order valence-electron chi connectivity index (χ4n) is 1.34. The maximum absolute atomic E-state index is 13.5. The van der Waals surface area contributed by atoms with Gasteiger partial charge in [-0.15, -0.1) is 11.3 Å². The van der Waals surface area contributed by atoms with Crippen LogP contribution in [0.5, 0.6) is 0 Å². The number of aromatic nitrogens is 1. The average Bonchev–Trinajstić information content (AvgIpc) is 2.32. The van der Waals surface area contributed by atoms with Gasteiger partial charge >= 0.3 is 0 Å². The third-order valence-corrected chi connectivity index (χ3v) is 2.87. The SMILES string of the molecule is Cc1nc(CC2(F)CNC2)cs1. The Morgan fingerprint density at radius 3 is 2.92 bits per heavy atom. The third kappa shape index (κ3) is 1.49. The van der Waals surface area contributed by atoms with Gasteiger partial charge in [0.2, 0.25) is 0 Å². The minimum atomic E-state index is -1.03. The van der Waals surface area contributed by atoms with Crippen molar-refractivity contribution in [2.24, 2.45) is 0 Å². The van der Waals surface area contributed by atoms with E-state index in [1.54, 1.807) is 11.3 Å². The molecular formula is C8H11FN2S. The molecule has 0 radical (unpaired) electrons. The van der Waals surface area contributed by atoms with Gasteiger partial charge in [-0.3, -0.25) is 0 Å². The van der Waals surface area contributed by atoms with Crippen molar-refractivity contribution in [2.45, 2.75) is 19.0 Å². The second kappa shape index (κ2) is 2.78. The number of halogens is 1. The second-order valence-electron chi connectivity index (χ2n) is 3.29. The van der Waals surface area contributed by atoms with Crippen LogP contribution in [0, 0.1) is 6.92 Å². The van der Waals surface area contributed by atoms with Crippen LogP contribution in [-0.4, -0.2) is 23.7 Å². The van der Waals surface area contributed by atoms with Crippen LogP contribution < -0.4 is 5.32 Å². The molecule has 2 heterocycles. The van der Waals surface area contributed by atoms with E-state index < -0.39 is 5.67 Å². The predicted molar refractivity (Wildman–Crippen MR) is 47.3 cm³/mol. The van der Waals surface area contributed by atoms with Crippen LogP contribution in [0.2, 0.25) is 0 Å². The van der Waals surface area contributed by atoms with Crippen molar-refractivity contribution in [3.63, 3.8) is 0 Å². The van der Waals surface area contributed by atoms with Gasteiger partial charge in [-0.2, -0.15) is 0 Å². The monoisotopic (exact) mass is 186 g/mol. The highest BCUT2D eigenvalue weighted by atomic mass is 32.1. The van der Waals surface area contributed by atoms with E-state index >= 15 is 0 Å². The number of aryl methyl sites for hydroxylation is 1. The first-order valence-electron chi connectivity index (χ1n) is 3.99. The lowest BCUT2D eigenvalue weighted by molar-refractivity contribution is 0.0902. The average molecular weight is 186 g/mol. The van der Waals surface area contributed by atoms with E-state index in [-0.39, 0.29) is 0 Å². The highest BCUT2D eigenvalue weighted by Gasteiger charge is 2.37. The molecule has 12 heavy (non-hydrogen) atoms. The number of alkyl halides is 1. The Labute approximate surface area is 74.8 Å². The maximum atomic E-state index is 13.5. The summed E-state index contributed by atoms with van der Waals surface area (Å²) >= 11 is 1.58. The van der Waals surface area contributed by atoms with Crippen molar-refractivity contribution in [1.82, 2.24) is 10.3 Å². The minimum Gasteiger partial charge on any atom is -0.310 e. The smallest absolute Gasteiger partial charge is 0.141 e. The second-order valence-corrected chi connectivity index (χ2v) is 4.35. The topological polar surface area (TPSA) is 24.9 Å². The molecule has 2 rings (SSSR count). The standard InChI is InChI=1S/C8H11FN2S/c1-6-11-7(3-12-6)2-8(9)4-10-5-8/h3,10H,2,4-5H2,1H3. The summed E-state index contributed by atoms with van der Waals surface area (Å²) < 4.78 is 13.5. The molecule has 1 N–H and O–H groups in total. The zero-order valence-electron chi connectivity index (χ0n) is 6.93. The molecule has 0 aromatic carbocycles. The van der Waals surface area contributed by atoms with Crippen molar-refractivity contribution in [3.8, 4) is 0 Å². The minimum absolute atomic E-state index is 0.463. The fourth-order valence-corrected chi connectivity index (χ4v) is 1.95. The van der Waals surface area contributed by atoms with E-state index in [1.165, 1.54) is 0 Å². The zero-order valence-corrected chi connectivity index (χ0v) is 7.75. The van der Waals surface area contributed by atoms with Crippen LogP contribution in [0.25, 0.3) is 0 Å². The zero-order chi connectivity index (χ0) is 8.60. The molecular weight excluding hydrogens is 175 g/mol. The molecule has 0 aliphatic carbocycles. The summed E-state index contributed by atoms with van der Waals surface area (Å²) in [6.45, 7) is 2.89. The number of hydrogen-bond acceptors (Lipinski definition) is 3. The molecule has 1 aliphatic rings. The summed E-state index contributed by atoms with van der Waals surface area (Å²) in [5.41, 5.74) is -0.137. The molecule has 1 aromatic rings. The first kappa shape index (κ1) is 8.13. The predicted octanol–water partition coefficient (Wildman–Crippen LogP) is 1.31. The van der Waals surface area contributed by atoms with Crippen LogP contribution in [-0.2, 0) is 6.42 Å². The Morgan fingerprint density at radius 1 is 1.75 bits per heavy atom. The van der Waals surface area contributed by atoms with Gasteiger partial charge in [0, 0.05) is 24.9 Å². The number of nitrogens with one attached hydrogen (secondary N) is 1. The first-order chi connectivity index (χ1) is 5.68. The molecule has 0 unspecified atom stereocenters. The van der Waals surface area contributed by atoms with E-state index in [2.05, 4.69) is 10.3 Å². The quantitative estimate of drug-likeness (QED) is 0.753.